The Balaban J connectivity index is 0.00000364. The molecule has 0 unspecified atom stereocenters. The van der Waals surface area contributed by atoms with E-state index in [1.54, 1.807) is 12.4 Å². The molecule has 0 atom stereocenters. The van der Waals surface area contributed by atoms with Crippen LogP contribution in [0.4, 0.5) is 0 Å². The van der Waals surface area contributed by atoms with Crippen LogP contribution in [0.5, 0.6) is 5.75 Å². The third-order valence-corrected chi connectivity index (χ3v) is 3.84. The summed E-state index contributed by atoms with van der Waals surface area (Å²) in [5.74, 6) is 2.02. The van der Waals surface area contributed by atoms with E-state index >= 15 is 0 Å². The molecule has 2 rings (SSSR count). The van der Waals surface area contributed by atoms with Crippen molar-refractivity contribution in [2.24, 2.45) is 12.0 Å². The van der Waals surface area contributed by atoms with Crippen LogP contribution in [0.2, 0.25) is 0 Å². The normalized spacial score (nSPS) is 11.3. The van der Waals surface area contributed by atoms with Crippen molar-refractivity contribution >= 4 is 29.9 Å². The summed E-state index contributed by atoms with van der Waals surface area (Å²) >= 11 is 0. The van der Waals surface area contributed by atoms with Gasteiger partial charge in [-0.2, -0.15) is 5.10 Å². The van der Waals surface area contributed by atoms with Crippen molar-refractivity contribution in [3.8, 4) is 5.75 Å². The summed E-state index contributed by atoms with van der Waals surface area (Å²) in [6, 6.07) is 3.75. The number of nitrogens with zero attached hydrogens (tertiary/aromatic N) is 5. The summed E-state index contributed by atoms with van der Waals surface area (Å²) in [5, 5.41) is 7.92. The minimum atomic E-state index is 0. The number of aromatic nitrogens is 3. The molecule has 0 radical (unpaired) electrons. The molecule has 0 fully saturated rings. The Kier molecular flexibility index (Phi) is 10.1. The van der Waals surface area contributed by atoms with E-state index in [-0.39, 0.29) is 24.0 Å². The summed E-state index contributed by atoms with van der Waals surface area (Å²) in [6.07, 6.45) is 5.52. The summed E-state index contributed by atoms with van der Waals surface area (Å²) in [6.45, 7) is 9.07. The second-order valence-corrected chi connectivity index (χ2v) is 6.50. The number of hydrogen-bond acceptors (Lipinski definition) is 4. The van der Waals surface area contributed by atoms with E-state index in [4.69, 9.17) is 4.74 Å². The zero-order valence-corrected chi connectivity index (χ0v) is 19.2. The number of nitrogens with one attached hydrogen (secondary N) is 1. The average molecular weight is 486 g/mol. The van der Waals surface area contributed by atoms with Gasteiger partial charge in [0.05, 0.1) is 18.4 Å². The van der Waals surface area contributed by atoms with Crippen LogP contribution in [0.15, 0.2) is 35.7 Å². The molecule has 0 bridgehead atoms. The smallest absolute Gasteiger partial charge is 0.194 e. The van der Waals surface area contributed by atoms with Gasteiger partial charge in [-0.05, 0) is 25.0 Å². The van der Waals surface area contributed by atoms with Gasteiger partial charge in [0.25, 0.3) is 0 Å². The number of halogens is 1. The van der Waals surface area contributed by atoms with E-state index in [9.17, 15) is 0 Å². The highest BCUT2D eigenvalue weighted by atomic mass is 127. The topological polar surface area (TPSA) is 67.6 Å². The summed E-state index contributed by atoms with van der Waals surface area (Å²) < 4.78 is 7.54. The molecule has 0 aliphatic heterocycles. The van der Waals surface area contributed by atoms with Crippen LogP contribution in [0.3, 0.4) is 0 Å². The molecule has 150 valence electrons. The molecular weight excluding hydrogens is 455 g/mol. The van der Waals surface area contributed by atoms with Crippen LogP contribution < -0.4 is 10.1 Å². The van der Waals surface area contributed by atoms with E-state index in [2.05, 4.69) is 52.3 Å². The van der Waals surface area contributed by atoms with Crippen LogP contribution in [-0.2, 0) is 13.6 Å². The standard InChI is InChI=1S/C19H30N6O.HI/c1-6-21-19(22-10-11-26-17-8-7-9-20-12-17)24(4)13-16-14-25(5)23-18(16)15(2)3;/h7-9,12,14-15H,6,10-11,13H2,1-5H3,(H,21,22);1H. The number of aryl methyl sites for hydroxylation is 1. The zero-order chi connectivity index (χ0) is 18.9. The highest BCUT2D eigenvalue weighted by Gasteiger charge is 2.15. The van der Waals surface area contributed by atoms with E-state index in [0.717, 1.165) is 30.5 Å². The Morgan fingerprint density at radius 1 is 1.41 bits per heavy atom. The second-order valence-electron chi connectivity index (χ2n) is 6.50. The number of guanidine groups is 1. The molecule has 0 aliphatic carbocycles. The van der Waals surface area contributed by atoms with Crippen LogP contribution >= 0.6 is 24.0 Å². The summed E-state index contributed by atoms with van der Waals surface area (Å²) in [5.41, 5.74) is 2.36. The maximum Gasteiger partial charge on any atom is 0.194 e. The molecule has 2 aromatic heterocycles. The average Bonchev–Trinajstić information content (AvgIpc) is 2.99. The zero-order valence-electron chi connectivity index (χ0n) is 16.8. The van der Waals surface area contributed by atoms with Gasteiger partial charge in [0.15, 0.2) is 5.96 Å². The first kappa shape index (κ1) is 23.2. The minimum Gasteiger partial charge on any atom is -0.490 e. The monoisotopic (exact) mass is 486 g/mol. The van der Waals surface area contributed by atoms with Crippen molar-refractivity contribution in [1.29, 1.82) is 0 Å². The molecule has 0 aromatic carbocycles. The fourth-order valence-electron chi connectivity index (χ4n) is 2.71. The molecule has 0 amide bonds. The van der Waals surface area contributed by atoms with Crippen molar-refractivity contribution in [1.82, 2.24) is 25.0 Å². The number of hydrogen-bond donors (Lipinski definition) is 1. The molecule has 0 saturated heterocycles. The number of rotatable bonds is 8. The van der Waals surface area contributed by atoms with Crippen LogP contribution in [0.1, 0.15) is 37.9 Å². The molecule has 7 nitrogen and oxygen atoms in total. The molecule has 8 heteroatoms. The van der Waals surface area contributed by atoms with Gasteiger partial charge in [0, 0.05) is 45.1 Å². The van der Waals surface area contributed by atoms with Gasteiger partial charge < -0.3 is 15.0 Å². The molecule has 0 spiro atoms. The number of aliphatic imine (C=N–C) groups is 1. The lowest BCUT2D eigenvalue weighted by Crippen LogP contribution is -2.39. The Morgan fingerprint density at radius 3 is 2.81 bits per heavy atom. The summed E-state index contributed by atoms with van der Waals surface area (Å²) in [4.78, 5) is 10.8. The number of ether oxygens (including phenoxy) is 1. The Bertz CT molecular complexity index is 701. The van der Waals surface area contributed by atoms with Crippen molar-refractivity contribution in [3.05, 3.63) is 42.0 Å². The quantitative estimate of drug-likeness (QED) is 0.269. The van der Waals surface area contributed by atoms with Gasteiger partial charge in [-0.15, -0.1) is 24.0 Å². The molecular formula is C19H31IN6O. The molecule has 1 N–H and O–H groups in total. The third kappa shape index (κ3) is 7.36. The van der Waals surface area contributed by atoms with Gasteiger partial charge in [-0.25, -0.2) is 4.99 Å². The van der Waals surface area contributed by atoms with E-state index in [1.165, 1.54) is 5.56 Å². The van der Waals surface area contributed by atoms with E-state index in [1.807, 2.05) is 30.9 Å². The van der Waals surface area contributed by atoms with Gasteiger partial charge in [-0.1, -0.05) is 13.8 Å². The molecule has 2 aromatic rings. The van der Waals surface area contributed by atoms with Crippen molar-refractivity contribution < 1.29 is 4.74 Å². The summed E-state index contributed by atoms with van der Waals surface area (Å²) in [7, 11) is 4.00. The van der Waals surface area contributed by atoms with Crippen molar-refractivity contribution in [3.63, 3.8) is 0 Å². The van der Waals surface area contributed by atoms with Crippen LogP contribution in [-0.4, -0.2) is 52.4 Å². The first-order valence-electron chi connectivity index (χ1n) is 9.06. The van der Waals surface area contributed by atoms with Gasteiger partial charge in [0.2, 0.25) is 0 Å². The van der Waals surface area contributed by atoms with Crippen LogP contribution in [0.25, 0.3) is 0 Å². The lowest BCUT2D eigenvalue weighted by Gasteiger charge is -2.22. The Morgan fingerprint density at radius 2 is 2.19 bits per heavy atom. The molecule has 2 heterocycles. The highest BCUT2D eigenvalue weighted by molar-refractivity contribution is 14.0. The maximum absolute atomic E-state index is 5.66. The molecule has 0 aliphatic rings. The maximum atomic E-state index is 5.66. The fourth-order valence-corrected chi connectivity index (χ4v) is 2.71. The van der Waals surface area contributed by atoms with Gasteiger partial charge >= 0.3 is 0 Å². The minimum absolute atomic E-state index is 0. The predicted molar refractivity (Wildman–Crippen MR) is 120 cm³/mol. The van der Waals surface area contributed by atoms with E-state index < -0.39 is 0 Å². The molecule has 0 saturated carbocycles. The lowest BCUT2D eigenvalue weighted by molar-refractivity contribution is 0.326. The largest absolute Gasteiger partial charge is 0.490 e. The molecule has 27 heavy (non-hydrogen) atoms. The van der Waals surface area contributed by atoms with Crippen LogP contribution in [0, 0.1) is 0 Å². The lowest BCUT2D eigenvalue weighted by atomic mass is 10.1. The van der Waals surface area contributed by atoms with Gasteiger partial charge in [-0.3, -0.25) is 9.67 Å². The third-order valence-electron chi connectivity index (χ3n) is 3.84. The number of pyridine rings is 1. The predicted octanol–water partition coefficient (Wildman–Crippen LogP) is 3.03. The van der Waals surface area contributed by atoms with Crippen molar-refractivity contribution in [2.75, 3.05) is 26.7 Å². The fraction of sp³-hybridized carbons (Fsp3) is 0.526. The first-order chi connectivity index (χ1) is 12.5. The highest BCUT2D eigenvalue weighted by Crippen LogP contribution is 2.18. The van der Waals surface area contributed by atoms with E-state index in [0.29, 0.717) is 19.1 Å². The van der Waals surface area contributed by atoms with Gasteiger partial charge in [0.1, 0.15) is 12.4 Å². The first-order valence-corrected chi connectivity index (χ1v) is 9.06. The van der Waals surface area contributed by atoms with Crippen molar-refractivity contribution in [2.45, 2.75) is 33.2 Å². The second kappa shape index (κ2) is 11.8. The SMILES string of the molecule is CCNC(=NCCOc1cccnc1)N(C)Cc1cn(C)nc1C(C)C.I. The Labute approximate surface area is 179 Å². The Hall–Kier alpha value is -1.84.